The van der Waals surface area contributed by atoms with Crippen molar-refractivity contribution < 1.29 is 4.79 Å². The van der Waals surface area contributed by atoms with Gasteiger partial charge in [-0.15, -0.1) is 0 Å². The number of hydrogen-bond acceptors (Lipinski definition) is 3. The van der Waals surface area contributed by atoms with Crippen molar-refractivity contribution in [3.63, 3.8) is 0 Å². The number of benzene rings is 3. The van der Waals surface area contributed by atoms with Crippen LogP contribution in [0.15, 0.2) is 83.7 Å². The van der Waals surface area contributed by atoms with Gasteiger partial charge in [-0.25, -0.2) is 4.68 Å². The van der Waals surface area contributed by atoms with Gasteiger partial charge in [0.05, 0.1) is 5.39 Å². The maximum atomic E-state index is 13.3. The average molecular weight is 412 g/mol. The molecule has 0 aliphatic carbocycles. The first-order chi connectivity index (χ1) is 15.2. The second-order valence-corrected chi connectivity index (χ2v) is 7.50. The average Bonchev–Trinajstić information content (AvgIpc) is 2.81. The molecular formula is C26H25N3O2. The monoisotopic (exact) mass is 411 g/mol. The van der Waals surface area contributed by atoms with E-state index in [-0.39, 0.29) is 17.2 Å². The molecule has 0 aliphatic rings. The van der Waals surface area contributed by atoms with Gasteiger partial charge in [0.25, 0.3) is 11.5 Å². The minimum Gasteiger partial charge on any atom is -0.320 e. The van der Waals surface area contributed by atoms with Gasteiger partial charge in [0.15, 0.2) is 5.69 Å². The number of anilines is 1. The van der Waals surface area contributed by atoms with Gasteiger partial charge in [-0.2, -0.15) is 5.10 Å². The van der Waals surface area contributed by atoms with Crippen LogP contribution in [0, 0.1) is 0 Å². The number of unbranched alkanes of at least 4 members (excludes halogenated alkanes) is 2. The second kappa shape index (κ2) is 9.39. The van der Waals surface area contributed by atoms with Gasteiger partial charge in [-0.1, -0.05) is 86.5 Å². The number of carbonyl (C=O) groups is 1. The molecule has 1 amide bonds. The maximum Gasteiger partial charge on any atom is 0.276 e. The Bertz CT molecular complexity index is 1260. The number of rotatable bonds is 7. The lowest BCUT2D eigenvalue weighted by Crippen LogP contribution is -2.27. The number of fused-ring (bicyclic) bond motifs is 1. The zero-order valence-electron chi connectivity index (χ0n) is 17.5. The first-order valence-electron chi connectivity index (χ1n) is 10.6. The van der Waals surface area contributed by atoms with E-state index in [1.54, 1.807) is 12.1 Å². The largest absolute Gasteiger partial charge is 0.320 e. The number of para-hydroxylation sites is 1. The number of amides is 1. The molecule has 0 fully saturated rings. The molecule has 5 nitrogen and oxygen atoms in total. The Morgan fingerprint density at radius 1 is 0.871 bits per heavy atom. The van der Waals surface area contributed by atoms with Crippen molar-refractivity contribution >= 4 is 22.4 Å². The minimum atomic E-state index is -0.330. The van der Waals surface area contributed by atoms with E-state index in [2.05, 4.69) is 17.3 Å². The summed E-state index contributed by atoms with van der Waals surface area (Å²) in [6.45, 7) is 2.61. The molecule has 0 atom stereocenters. The van der Waals surface area contributed by atoms with E-state index in [9.17, 15) is 9.59 Å². The fourth-order valence-corrected chi connectivity index (χ4v) is 3.71. The highest BCUT2D eigenvalue weighted by molar-refractivity contribution is 6.12. The number of aromatic nitrogens is 2. The van der Waals surface area contributed by atoms with Crippen LogP contribution in [0.3, 0.4) is 0 Å². The van der Waals surface area contributed by atoms with Crippen molar-refractivity contribution in [2.45, 2.75) is 32.7 Å². The van der Waals surface area contributed by atoms with Crippen LogP contribution in [0.2, 0.25) is 0 Å². The van der Waals surface area contributed by atoms with Crippen molar-refractivity contribution in [2.75, 3.05) is 5.32 Å². The molecule has 31 heavy (non-hydrogen) atoms. The molecule has 0 saturated heterocycles. The standard InChI is InChI=1S/C26H25N3O2/c1-2-3-11-18-29-26(31)22-16-8-7-15-21(22)24(28-29)25(30)27-23-17-10-9-14-20(23)19-12-5-4-6-13-19/h4-10,12-17H,2-3,11,18H2,1H3,(H,27,30). The third-order valence-corrected chi connectivity index (χ3v) is 5.32. The summed E-state index contributed by atoms with van der Waals surface area (Å²) in [5.74, 6) is -0.330. The van der Waals surface area contributed by atoms with Gasteiger partial charge >= 0.3 is 0 Å². The predicted octanol–water partition coefficient (Wildman–Crippen LogP) is 5.51. The second-order valence-electron chi connectivity index (χ2n) is 7.50. The maximum absolute atomic E-state index is 13.3. The van der Waals surface area contributed by atoms with Crippen LogP contribution in [-0.2, 0) is 6.54 Å². The summed E-state index contributed by atoms with van der Waals surface area (Å²) in [6, 6.07) is 24.8. The molecule has 1 aromatic heterocycles. The topological polar surface area (TPSA) is 64.0 Å². The van der Waals surface area contributed by atoms with Crippen LogP contribution < -0.4 is 10.9 Å². The molecule has 4 aromatic rings. The van der Waals surface area contributed by atoms with Crippen LogP contribution >= 0.6 is 0 Å². The highest BCUT2D eigenvalue weighted by Crippen LogP contribution is 2.28. The normalized spacial score (nSPS) is 10.9. The van der Waals surface area contributed by atoms with Gasteiger partial charge in [0.2, 0.25) is 0 Å². The van der Waals surface area contributed by atoms with Crippen LogP contribution in [0.1, 0.15) is 36.7 Å². The van der Waals surface area contributed by atoms with Gasteiger partial charge < -0.3 is 5.32 Å². The lowest BCUT2D eigenvalue weighted by atomic mass is 10.0. The molecule has 0 aliphatic heterocycles. The molecule has 4 rings (SSSR count). The van der Waals surface area contributed by atoms with Gasteiger partial charge in [-0.05, 0) is 24.1 Å². The van der Waals surface area contributed by atoms with Crippen molar-refractivity contribution in [3.8, 4) is 11.1 Å². The Balaban J connectivity index is 1.74. The summed E-state index contributed by atoms with van der Waals surface area (Å²) in [4.78, 5) is 26.2. The molecule has 156 valence electrons. The highest BCUT2D eigenvalue weighted by Gasteiger charge is 2.18. The molecule has 0 spiro atoms. The van der Waals surface area contributed by atoms with E-state index >= 15 is 0 Å². The van der Waals surface area contributed by atoms with Gasteiger partial charge in [0, 0.05) is 23.2 Å². The van der Waals surface area contributed by atoms with Gasteiger partial charge in [0.1, 0.15) is 0 Å². The van der Waals surface area contributed by atoms with E-state index in [1.165, 1.54) is 4.68 Å². The van der Waals surface area contributed by atoms with Crippen LogP contribution in [0.25, 0.3) is 21.9 Å². The Labute approximate surface area is 181 Å². The highest BCUT2D eigenvalue weighted by atomic mass is 16.2. The van der Waals surface area contributed by atoms with Crippen LogP contribution in [0.4, 0.5) is 5.69 Å². The molecule has 0 saturated carbocycles. The lowest BCUT2D eigenvalue weighted by Gasteiger charge is -2.13. The molecule has 3 aromatic carbocycles. The Hall–Kier alpha value is -3.73. The summed E-state index contributed by atoms with van der Waals surface area (Å²) in [6.07, 6.45) is 2.90. The smallest absolute Gasteiger partial charge is 0.276 e. The van der Waals surface area contributed by atoms with E-state index in [0.717, 1.165) is 30.4 Å². The van der Waals surface area contributed by atoms with Crippen LogP contribution in [-0.4, -0.2) is 15.7 Å². The number of carbonyl (C=O) groups excluding carboxylic acids is 1. The summed E-state index contributed by atoms with van der Waals surface area (Å²) < 4.78 is 1.43. The summed E-state index contributed by atoms with van der Waals surface area (Å²) in [5.41, 5.74) is 2.74. The molecular weight excluding hydrogens is 386 g/mol. The van der Waals surface area contributed by atoms with E-state index in [4.69, 9.17) is 0 Å². The molecule has 1 N–H and O–H groups in total. The zero-order chi connectivity index (χ0) is 21.6. The fraction of sp³-hybridized carbons (Fsp3) is 0.192. The third-order valence-electron chi connectivity index (χ3n) is 5.32. The minimum absolute atomic E-state index is 0.159. The first kappa shape index (κ1) is 20.5. The zero-order valence-corrected chi connectivity index (χ0v) is 17.5. The van der Waals surface area contributed by atoms with E-state index < -0.39 is 0 Å². The predicted molar refractivity (Wildman–Crippen MR) is 125 cm³/mol. The quantitative estimate of drug-likeness (QED) is 0.408. The number of nitrogens with zero attached hydrogens (tertiary/aromatic N) is 2. The summed E-state index contributed by atoms with van der Waals surface area (Å²) >= 11 is 0. The van der Waals surface area contributed by atoms with E-state index in [0.29, 0.717) is 23.0 Å². The molecule has 0 bridgehead atoms. The Kier molecular flexibility index (Phi) is 6.22. The summed E-state index contributed by atoms with van der Waals surface area (Å²) in [7, 11) is 0. The van der Waals surface area contributed by atoms with E-state index in [1.807, 2.05) is 66.7 Å². The molecule has 1 heterocycles. The van der Waals surface area contributed by atoms with Crippen molar-refractivity contribution in [1.82, 2.24) is 9.78 Å². The van der Waals surface area contributed by atoms with Crippen LogP contribution in [0.5, 0.6) is 0 Å². The van der Waals surface area contributed by atoms with Gasteiger partial charge in [-0.3, -0.25) is 9.59 Å². The first-order valence-corrected chi connectivity index (χ1v) is 10.6. The lowest BCUT2D eigenvalue weighted by molar-refractivity contribution is 0.102. The molecule has 5 heteroatoms. The SMILES string of the molecule is CCCCCn1nc(C(=O)Nc2ccccc2-c2ccccc2)c2ccccc2c1=O. The van der Waals surface area contributed by atoms with Crippen molar-refractivity contribution in [1.29, 1.82) is 0 Å². The summed E-state index contributed by atoms with van der Waals surface area (Å²) in [5, 5.41) is 8.55. The number of hydrogen-bond donors (Lipinski definition) is 1. The van der Waals surface area contributed by atoms with Crippen molar-refractivity contribution in [2.24, 2.45) is 0 Å². The number of aryl methyl sites for hydroxylation is 1. The number of nitrogens with one attached hydrogen (secondary N) is 1. The fourth-order valence-electron chi connectivity index (χ4n) is 3.71. The molecule has 0 unspecified atom stereocenters. The molecule has 0 radical (unpaired) electrons. The Morgan fingerprint density at radius 3 is 2.32 bits per heavy atom. The third kappa shape index (κ3) is 4.40. The Morgan fingerprint density at radius 2 is 1.55 bits per heavy atom. The van der Waals surface area contributed by atoms with Crippen molar-refractivity contribution in [3.05, 3.63) is 94.9 Å².